The lowest BCUT2D eigenvalue weighted by Gasteiger charge is -2.02. The van der Waals surface area contributed by atoms with Gasteiger partial charge in [0.15, 0.2) is 11.6 Å². The molecule has 1 aromatic carbocycles. The summed E-state index contributed by atoms with van der Waals surface area (Å²) in [6.07, 6.45) is 0. The third kappa shape index (κ3) is 1.91. The van der Waals surface area contributed by atoms with Gasteiger partial charge < -0.3 is 0 Å². The Bertz CT molecular complexity index is 403. The zero-order valence-corrected chi connectivity index (χ0v) is 8.27. The summed E-state index contributed by atoms with van der Waals surface area (Å²) in [6, 6.07) is 0.742. The number of hydrogen-bond donors (Lipinski definition) is 0. The summed E-state index contributed by atoms with van der Waals surface area (Å²) >= 11 is 8.20. The summed E-state index contributed by atoms with van der Waals surface area (Å²) in [5.41, 5.74) is 7.93. The highest BCUT2D eigenvalue weighted by Crippen LogP contribution is 2.36. The van der Waals surface area contributed by atoms with Crippen LogP contribution in [0.5, 0.6) is 0 Å². The van der Waals surface area contributed by atoms with Gasteiger partial charge in [0, 0.05) is 4.91 Å². The molecule has 13 heavy (non-hydrogen) atoms. The molecular weight excluding hydrogens is 267 g/mol. The minimum atomic E-state index is -1.13. The second kappa shape index (κ2) is 3.91. The minimum absolute atomic E-state index is 0.149. The summed E-state index contributed by atoms with van der Waals surface area (Å²) in [4.78, 5) is 2.42. The van der Waals surface area contributed by atoms with Gasteiger partial charge in [0.1, 0.15) is 0 Å². The molecule has 0 atom stereocenters. The summed E-state index contributed by atoms with van der Waals surface area (Å²) < 4.78 is 25.2. The van der Waals surface area contributed by atoms with E-state index in [9.17, 15) is 8.78 Å². The van der Waals surface area contributed by atoms with E-state index in [0.717, 1.165) is 6.07 Å². The number of azide groups is 1. The van der Waals surface area contributed by atoms with E-state index < -0.39 is 11.6 Å². The number of benzene rings is 1. The second-order valence-corrected chi connectivity index (χ2v) is 3.21. The Hall–Kier alpha value is -0.840. The van der Waals surface area contributed by atoms with E-state index in [-0.39, 0.29) is 15.2 Å². The molecule has 0 bridgehead atoms. The monoisotopic (exact) mass is 267 g/mol. The fourth-order valence-electron chi connectivity index (χ4n) is 0.693. The first kappa shape index (κ1) is 10.2. The van der Waals surface area contributed by atoms with Gasteiger partial charge in [-0.15, -0.1) is 0 Å². The molecule has 3 nitrogen and oxygen atoms in total. The highest BCUT2D eigenvalue weighted by Gasteiger charge is 2.14. The average Bonchev–Trinajstić information content (AvgIpc) is 2.09. The van der Waals surface area contributed by atoms with Crippen LogP contribution in [-0.2, 0) is 0 Å². The molecule has 1 rings (SSSR count). The predicted octanol–water partition coefficient (Wildman–Crippen LogP) is 4.32. The smallest absolute Gasteiger partial charge is 0.173 e. The Balaban J connectivity index is 3.52. The molecule has 0 heterocycles. The first-order valence-corrected chi connectivity index (χ1v) is 4.13. The molecule has 0 aromatic heterocycles. The Morgan fingerprint density at radius 3 is 2.69 bits per heavy atom. The molecule has 0 fully saturated rings. The van der Waals surface area contributed by atoms with Gasteiger partial charge >= 0.3 is 0 Å². The van der Waals surface area contributed by atoms with Gasteiger partial charge in [0.2, 0.25) is 0 Å². The largest absolute Gasteiger partial charge is 0.204 e. The van der Waals surface area contributed by atoms with Crippen LogP contribution in [0.1, 0.15) is 0 Å². The number of hydrogen-bond acceptors (Lipinski definition) is 1. The molecule has 0 aliphatic carbocycles. The molecule has 7 heteroatoms. The van der Waals surface area contributed by atoms with Gasteiger partial charge in [0.25, 0.3) is 0 Å². The normalized spacial score (nSPS) is 9.54. The van der Waals surface area contributed by atoms with Crippen LogP contribution in [0.15, 0.2) is 15.7 Å². The number of halogens is 4. The SMILES string of the molecule is [N-]=[N+]=Nc1c(Cl)cc(F)c(F)c1Br. The highest BCUT2D eigenvalue weighted by atomic mass is 79.9. The van der Waals surface area contributed by atoms with Crippen LogP contribution in [0.25, 0.3) is 10.4 Å². The highest BCUT2D eigenvalue weighted by molar-refractivity contribution is 9.10. The number of rotatable bonds is 1. The van der Waals surface area contributed by atoms with E-state index in [2.05, 4.69) is 26.0 Å². The summed E-state index contributed by atoms with van der Waals surface area (Å²) in [5.74, 6) is -2.24. The zero-order valence-electron chi connectivity index (χ0n) is 5.93. The van der Waals surface area contributed by atoms with Crippen molar-refractivity contribution in [3.63, 3.8) is 0 Å². The molecule has 0 radical (unpaired) electrons. The quantitative estimate of drug-likeness (QED) is 0.239. The van der Waals surface area contributed by atoms with Gasteiger partial charge in [-0.05, 0) is 27.5 Å². The van der Waals surface area contributed by atoms with Gasteiger partial charge in [-0.2, -0.15) is 0 Å². The lowest BCUT2D eigenvalue weighted by Crippen LogP contribution is -1.86. The fraction of sp³-hybridized carbons (Fsp3) is 0. The first-order chi connectivity index (χ1) is 6.07. The molecule has 1 aromatic rings. The second-order valence-electron chi connectivity index (χ2n) is 2.01. The van der Waals surface area contributed by atoms with Gasteiger partial charge in [-0.25, -0.2) is 8.78 Å². The Morgan fingerprint density at radius 2 is 2.15 bits per heavy atom. The maximum Gasteiger partial charge on any atom is 0.173 e. The van der Waals surface area contributed by atoms with Crippen LogP contribution < -0.4 is 0 Å². The van der Waals surface area contributed by atoms with E-state index in [1.165, 1.54) is 0 Å². The van der Waals surface area contributed by atoms with Crippen molar-refractivity contribution in [2.45, 2.75) is 0 Å². The van der Waals surface area contributed by atoms with Gasteiger partial charge in [-0.3, -0.25) is 0 Å². The molecule has 0 saturated heterocycles. The lowest BCUT2D eigenvalue weighted by molar-refractivity contribution is 0.504. The van der Waals surface area contributed by atoms with Crippen molar-refractivity contribution in [1.82, 2.24) is 0 Å². The van der Waals surface area contributed by atoms with E-state index >= 15 is 0 Å². The van der Waals surface area contributed by atoms with Crippen molar-refractivity contribution < 1.29 is 8.78 Å². The fourth-order valence-corrected chi connectivity index (χ4v) is 1.52. The zero-order chi connectivity index (χ0) is 10.0. The third-order valence-electron chi connectivity index (χ3n) is 1.23. The van der Waals surface area contributed by atoms with E-state index in [1.807, 2.05) is 0 Å². The Kier molecular flexibility index (Phi) is 3.08. The maximum atomic E-state index is 12.8. The standard InChI is InChI=1S/C6HBrClF2N3/c7-4-5(10)3(9)1-2(8)6(4)12-13-11/h1H. The Labute approximate surface area is 85.1 Å². The van der Waals surface area contributed by atoms with Crippen molar-refractivity contribution in [3.05, 3.63) is 37.6 Å². The molecule has 0 saturated carbocycles. The molecule has 0 spiro atoms. The first-order valence-electron chi connectivity index (χ1n) is 2.96. The predicted molar refractivity (Wildman–Crippen MR) is 47.9 cm³/mol. The molecule has 0 N–H and O–H groups in total. The van der Waals surface area contributed by atoms with Crippen molar-refractivity contribution in [2.24, 2.45) is 5.11 Å². The minimum Gasteiger partial charge on any atom is -0.204 e. The average molecular weight is 268 g/mol. The van der Waals surface area contributed by atoms with Crippen molar-refractivity contribution in [3.8, 4) is 0 Å². The summed E-state index contributed by atoms with van der Waals surface area (Å²) in [5, 5.41) is 2.95. The molecule has 0 amide bonds. The van der Waals surface area contributed by atoms with Crippen LogP contribution >= 0.6 is 27.5 Å². The van der Waals surface area contributed by atoms with Crippen LogP contribution in [0.4, 0.5) is 14.5 Å². The van der Waals surface area contributed by atoms with Crippen molar-refractivity contribution in [1.29, 1.82) is 0 Å². The van der Waals surface area contributed by atoms with Crippen LogP contribution in [0.2, 0.25) is 5.02 Å². The van der Waals surface area contributed by atoms with Crippen LogP contribution in [0.3, 0.4) is 0 Å². The topological polar surface area (TPSA) is 48.8 Å². The molecule has 68 valence electrons. The molecule has 0 aliphatic heterocycles. The summed E-state index contributed by atoms with van der Waals surface area (Å²) in [7, 11) is 0. The molecular formula is C6HBrClF2N3. The third-order valence-corrected chi connectivity index (χ3v) is 2.25. The Morgan fingerprint density at radius 1 is 1.54 bits per heavy atom. The van der Waals surface area contributed by atoms with Crippen molar-refractivity contribution in [2.75, 3.05) is 0 Å². The van der Waals surface area contributed by atoms with Crippen LogP contribution in [-0.4, -0.2) is 0 Å². The van der Waals surface area contributed by atoms with Gasteiger partial charge in [-0.1, -0.05) is 16.7 Å². The van der Waals surface area contributed by atoms with Crippen LogP contribution in [0, 0.1) is 11.6 Å². The van der Waals surface area contributed by atoms with Crippen molar-refractivity contribution >= 4 is 33.2 Å². The molecule has 0 unspecified atom stereocenters. The molecule has 0 aliphatic rings. The summed E-state index contributed by atoms with van der Waals surface area (Å²) in [6.45, 7) is 0. The van der Waals surface area contributed by atoms with E-state index in [0.29, 0.717) is 0 Å². The van der Waals surface area contributed by atoms with E-state index in [1.54, 1.807) is 0 Å². The lowest BCUT2D eigenvalue weighted by atomic mass is 10.3. The van der Waals surface area contributed by atoms with Gasteiger partial charge in [0.05, 0.1) is 15.2 Å². The maximum absolute atomic E-state index is 12.8. The number of nitrogens with zero attached hydrogens (tertiary/aromatic N) is 3. The van der Waals surface area contributed by atoms with E-state index in [4.69, 9.17) is 17.1 Å².